The summed E-state index contributed by atoms with van der Waals surface area (Å²) in [5, 5.41) is 0. The van der Waals surface area contributed by atoms with Crippen molar-refractivity contribution >= 4 is 15.9 Å². The molecule has 0 radical (unpaired) electrons. The van der Waals surface area contributed by atoms with E-state index in [4.69, 9.17) is 10.5 Å². The van der Waals surface area contributed by atoms with Crippen LogP contribution in [0.15, 0.2) is 41.0 Å². The summed E-state index contributed by atoms with van der Waals surface area (Å²) in [6.07, 6.45) is 1.76. The second kappa shape index (κ2) is 5.98. The third-order valence-electron chi connectivity index (χ3n) is 2.63. The monoisotopic (exact) mass is 306 g/mol. The van der Waals surface area contributed by atoms with E-state index in [9.17, 15) is 0 Å². The quantitative estimate of drug-likeness (QED) is 0.943. The highest BCUT2D eigenvalue weighted by Gasteiger charge is 2.00. The van der Waals surface area contributed by atoms with Gasteiger partial charge in [0.15, 0.2) is 0 Å². The van der Waals surface area contributed by atoms with E-state index in [-0.39, 0.29) is 0 Å². The molecule has 2 aromatic rings. The lowest BCUT2D eigenvalue weighted by molar-refractivity contribution is 0.305. The van der Waals surface area contributed by atoms with E-state index in [0.29, 0.717) is 13.2 Å². The number of nitrogens with zero attached hydrogens (tertiary/aromatic N) is 1. The van der Waals surface area contributed by atoms with Crippen LogP contribution in [0.1, 0.15) is 16.8 Å². The van der Waals surface area contributed by atoms with Crippen LogP contribution in [0.25, 0.3) is 0 Å². The molecule has 2 rings (SSSR count). The van der Waals surface area contributed by atoms with Crippen LogP contribution in [0.4, 0.5) is 0 Å². The van der Waals surface area contributed by atoms with Gasteiger partial charge in [0.05, 0.1) is 5.69 Å². The van der Waals surface area contributed by atoms with Crippen molar-refractivity contribution in [1.82, 2.24) is 4.98 Å². The van der Waals surface area contributed by atoms with Gasteiger partial charge in [-0.2, -0.15) is 0 Å². The number of aromatic nitrogens is 1. The van der Waals surface area contributed by atoms with Gasteiger partial charge in [-0.15, -0.1) is 0 Å². The molecule has 0 spiro atoms. The Labute approximate surface area is 115 Å². The largest absolute Gasteiger partial charge is 0.489 e. The maximum absolute atomic E-state index is 5.74. The average Bonchev–Trinajstić information content (AvgIpc) is 2.40. The zero-order valence-electron chi connectivity index (χ0n) is 10.2. The van der Waals surface area contributed by atoms with Crippen molar-refractivity contribution < 1.29 is 4.74 Å². The molecule has 4 heteroatoms. The molecule has 0 atom stereocenters. The maximum Gasteiger partial charge on any atom is 0.120 e. The van der Waals surface area contributed by atoms with E-state index >= 15 is 0 Å². The number of benzene rings is 1. The Morgan fingerprint density at radius 2 is 2.11 bits per heavy atom. The Bertz CT molecular complexity index is 543. The second-order valence-corrected chi connectivity index (χ2v) is 4.91. The van der Waals surface area contributed by atoms with Crippen molar-refractivity contribution in [2.75, 3.05) is 0 Å². The molecule has 0 amide bonds. The smallest absolute Gasteiger partial charge is 0.120 e. The fourth-order valence-electron chi connectivity index (χ4n) is 1.60. The number of pyridine rings is 1. The second-order valence-electron chi connectivity index (χ2n) is 4.06. The number of aryl methyl sites for hydroxylation is 1. The molecule has 0 unspecified atom stereocenters. The van der Waals surface area contributed by atoms with Gasteiger partial charge < -0.3 is 10.5 Å². The highest BCUT2D eigenvalue weighted by molar-refractivity contribution is 9.10. The highest BCUT2D eigenvalue weighted by Crippen LogP contribution is 2.22. The lowest BCUT2D eigenvalue weighted by Crippen LogP contribution is -2.02. The molecule has 1 aromatic carbocycles. The van der Waals surface area contributed by atoms with E-state index in [1.807, 2.05) is 37.3 Å². The molecule has 0 saturated carbocycles. The van der Waals surface area contributed by atoms with E-state index < -0.39 is 0 Å². The summed E-state index contributed by atoms with van der Waals surface area (Å²) in [6.45, 7) is 3.01. The summed E-state index contributed by atoms with van der Waals surface area (Å²) in [5.41, 5.74) is 8.66. The number of hydrogen-bond donors (Lipinski definition) is 1. The third-order valence-corrected chi connectivity index (χ3v) is 3.51. The standard InChI is InChI=1S/C14H15BrN2O/c1-10-6-13(2-3-14(10)15)18-9-11-4-5-17-12(7-11)8-16/h2-7H,8-9,16H2,1H3. The molecule has 0 fully saturated rings. The zero-order chi connectivity index (χ0) is 13.0. The Morgan fingerprint density at radius 3 is 2.83 bits per heavy atom. The van der Waals surface area contributed by atoms with Crippen LogP contribution in [-0.2, 0) is 13.2 Å². The average molecular weight is 307 g/mol. The first-order chi connectivity index (χ1) is 8.69. The topological polar surface area (TPSA) is 48.1 Å². The fourth-order valence-corrected chi connectivity index (χ4v) is 1.85. The lowest BCUT2D eigenvalue weighted by atomic mass is 10.2. The van der Waals surface area contributed by atoms with E-state index in [2.05, 4.69) is 20.9 Å². The Kier molecular flexibility index (Phi) is 4.33. The van der Waals surface area contributed by atoms with Crippen molar-refractivity contribution in [3.8, 4) is 5.75 Å². The van der Waals surface area contributed by atoms with Gasteiger partial charge in [0, 0.05) is 17.2 Å². The van der Waals surface area contributed by atoms with Gasteiger partial charge in [0.1, 0.15) is 12.4 Å². The predicted octanol–water partition coefficient (Wildman–Crippen LogP) is 3.19. The SMILES string of the molecule is Cc1cc(OCc2ccnc(CN)c2)ccc1Br. The minimum Gasteiger partial charge on any atom is -0.489 e. The maximum atomic E-state index is 5.74. The first-order valence-corrected chi connectivity index (χ1v) is 6.51. The zero-order valence-corrected chi connectivity index (χ0v) is 11.8. The lowest BCUT2D eigenvalue weighted by Gasteiger charge is -2.08. The summed E-state index contributed by atoms with van der Waals surface area (Å²) in [6, 6.07) is 9.84. The van der Waals surface area contributed by atoms with E-state index in [0.717, 1.165) is 27.0 Å². The van der Waals surface area contributed by atoms with Gasteiger partial charge in [-0.05, 0) is 48.4 Å². The summed E-state index contributed by atoms with van der Waals surface area (Å²) in [7, 11) is 0. The summed E-state index contributed by atoms with van der Waals surface area (Å²) < 4.78 is 6.83. The number of rotatable bonds is 4. The van der Waals surface area contributed by atoms with Crippen LogP contribution < -0.4 is 10.5 Å². The molecule has 0 bridgehead atoms. The number of hydrogen-bond acceptors (Lipinski definition) is 3. The Hall–Kier alpha value is -1.39. The normalized spacial score (nSPS) is 10.4. The highest BCUT2D eigenvalue weighted by atomic mass is 79.9. The van der Waals surface area contributed by atoms with Crippen LogP contribution in [0, 0.1) is 6.92 Å². The van der Waals surface area contributed by atoms with Crippen molar-refractivity contribution in [3.05, 3.63) is 57.8 Å². The first-order valence-electron chi connectivity index (χ1n) is 5.72. The minimum atomic E-state index is 0.450. The van der Waals surface area contributed by atoms with Crippen LogP contribution in [-0.4, -0.2) is 4.98 Å². The summed E-state index contributed by atoms with van der Waals surface area (Å²) in [5.74, 6) is 0.863. The van der Waals surface area contributed by atoms with Gasteiger partial charge in [-0.3, -0.25) is 4.98 Å². The Balaban J connectivity index is 2.04. The van der Waals surface area contributed by atoms with E-state index in [1.54, 1.807) is 6.20 Å². The third kappa shape index (κ3) is 3.31. The first kappa shape index (κ1) is 13.1. The molecular weight excluding hydrogens is 292 g/mol. The summed E-state index contributed by atoms with van der Waals surface area (Å²) >= 11 is 3.47. The van der Waals surface area contributed by atoms with Gasteiger partial charge >= 0.3 is 0 Å². The van der Waals surface area contributed by atoms with Crippen molar-refractivity contribution in [2.24, 2.45) is 5.73 Å². The summed E-state index contributed by atoms with van der Waals surface area (Å²) in [4.78, 5) is 4.15. The molecule has 1 heterocycles. The molecule has 18 heavy (non-hydrogen) atoms. The van der Waals surface area contributed by atoms with Crippen LogP contribution in [0.2, 0.25) is 0 Å². The molecule has 0 aliphatic carbocycles. The van der Waals surface area contributed by atoms with Crippen molar-refractivity contribution in [1.29, 1.82) is 0 Å². The molecule has 0 saturated heterocycles. The Morgan fingerprint density at radius 1 is 1.28 bits per heavy atom. The van der Waals surface area contributed by atoms with Crippen molar-refractivity contribution in [3.63, 3.8) is 0 Å². The number of halogens is 1. The molecule has 1 aromatic heterocycles. The molecule has 94 valence electrons. The van der Waals surface area contributed by atoms with Gasteiger partial charge in [0.2, 0.25) is 0 Å². The molecular formula is C14H15BrN2O. The van der Waals surface area contributed by atoms with Crippen molar-refractivity contribution in [2.45, 2.75) is 20.1 Å². The molecule has 2 N–H and O–H groups in total. The minimum absolute atomic E-state index is 0.450. The molecule has 0 aliphatic rings. The number of ether oxygens (including phenoxy) is 1. The fraction of sp³-hybridized carbons (Fsp3) is 0.214. The molecule has 0 aliphatic heterocycles. The van der Waals surface area contributed by atoms with Gasteiger partial charge in [-0.1, -0.05) is 15.9 Å². The number of nitrogens with two attached hydrogens (primary N) is 1. The molecule has 3 nitrogen and oxygen atoms in total. The van der Waals surface area contributed by atoms with Crippen LogP contribution >= 0.6 is 15.9 Å². The van der Waals surface area contributed by atoms with Gasteiger partial charge in [-0.25, -0.2) is 0 Å². The van der Waals surface area contributed by atoms with Gasteiger partial charge in [0.25, 0.3) is 0 Å². The van der Waals surface area contributed by atoms with Crippen LogP contribution in [0.5, 0.6) is 5.75 Å². The van der Waals surface area contributed by atoms with E-state index in [1.165, 1.54) is 0 Å². The predicted molar refractivity (Wildman–Crippen MR) is 75.3 cm³/mol. The van der Waals surface area contributed by atoms with Crippen LogP contribution in [0.3, 0.4) is 0 Å².